The Morgan fingerprint density at radius 1 is 1.58 bits per heavy atom. The van der Waals surface area contributed by atoms with Crippen LogP contribution in [0.2, 0.25) is 0 Å². The number of carbonyl (C=O) groups is 1. The number of hydrogen-bond acceptors (Lipinski definition) is 3. The summed E-state index contributed by atoms with van der Waals surface area (Å²) in [5, 5.41) is 19.1. The van der Waals surface area contributed by atoms with Gasteiger partial charge in [-0.05, 0) is 13.8 Å². The third kappa shape index (κ3) is 5.94. The van der Waals surface area contributed by atoms with Crippen LogP contribution in [-0.4, -0.2) is 41.7 Å². The predicted octanol–water partition coefficient (Wildman–Crippen LogP) is 0.0415. The summed E-state index contributed by atoms with van der Waals surface area (Å²) >= 11 is 0. The standard InChI is InChI=1S/C7H15NO4/c1-7(2,8-6(10)11)5-12-4-3-9/h8-9H,3-5H2,1-2H3,(H,10,11). The summed E-state index contributed by atoms with van der Waals surface area (Å²) < 4.78 is 4.97. The molecule has 0 saturated heterocycles. The number of ether oxygens (including phenoxy) is 1. The van der Waals surface area contributed by atoms with Gasteiger partial charge in [0.1, 0.15) is 0 Å². The van der Waals surface area contributed by atoms with E-state index in [1.54, 1.807) is 13.8 Å². The van der Waals surface area contributed by atoms with Gasteiger partial charge in [0.25, 0.3) is 0 Å². The van der Waals surface area contributed by atoms with E-state index in [0.29, 0.717) is 0 Å². The van der Waals surface area contributed by atoms with Crippen LogP contribution in [0, 0.1) is 0 Å². The highest BCUT2D eigenvalue weighted by Crippen LogP contribution is 2.01. The minimum Gasteiger partial charge on any atom is -0.465 e. The van der Waals surface area contributed by atoms with E-state index in [-0.39, 0.29) is 19.8 Å². The van der Waals surface area contributed by atoms with E-state index in [9.17, 15) is 4.79 Å². The molecular formula is C7H15NO4. The molecule has 1 amide bonds. The molecule has 0 saturated carbocycles. The largest absolute Gasteiger partial charge is 0.465 e. The van der Waals surface area contributed by atoms with Crippen LogP contribution >= 0.6 is 0 Å². The van der Waals surface area contributed by atoms with Crippen LogP contribution in [0.4, 0.5) is 4.79 Å². The van der Waals surface area contributed by atoms with Gasteiger partial charge >= 0.3 is 6.09 Å². The lowest BCUT2D eigenvalue weighted by molar-refractivity contribution is 0.0556. The van der Waals surface area contributed by atoms with Crippen molar-refractivity contribution in [2.75, 3.05) is 19.8 Å². The lowest BCUT2D eigenvalue weighted by atomic mass is 10.1. The summed E-state index contributed by atoms with van der Waals surface area (Å²) in [5.41, 5.74) is -0.610. The van der Waals surface area contributed by atoms with Gasteiger partial charge in [-0.15, -0.1) is 0 Å². The maximum Gasteiger partial charge on any atom is 0.405 e. The first kappa shape index (κ1) is 11.2. The topological polar surface area (TPSA) is 78.8 Å². The molecule has 0 radical (unpaired) electrons. The second kappa shape index (κ2) is 4.95. The monoisotopic (exact) mass is 177 g/mol. The van der Waals surface area contributed by atoms with Crippen molar-refractivity contribution in [2.24, 2.45) is 0 Å². The SMILES string of the molecule is CC(C)(COCCO)NC(=O)O. The molecule has 0 aliphatic carbocycles. The fourth-order valence-corrected chi connectivity index (χ4v) is 0.717. The third-order valence-electron chi connectivity index (χ3n) is 1.14. The van der Waals surface area contributed by atoms with E-state index in [4.69, 9.17) is 14.9 Å². The third-order valence-corrected chi connectivity index (χ3v) is 1.14. The van der Waals surface area contributed by atoms with Gasteiger partial charge in [-0.2, -0.15) is 0 Å². The zero-order chi connectivity index (χ0) is 9.61. The molecule has 5 heteroatoms. The molecule has 0 rings (SSSR count). The summed E-state index contributed by atoms with van der Waals surface area (Å²) in [7, 11) is 0. The molecule has 0 bridgehead atoms. The van der Waals surface area contributed by atoms with Crippen molar-refractivity contribution in [1.82, 2.24) is 5.32 Å². The number of hydrogen-bond donors (Lipinski definition) is 3. The minimum absolute atomic E-state index is 0.0524. The van der Waals surface area contributed by atoms with Crippen LogP contribution in [0.1, 0.15) is 13.8 Å². The van der Waals surface area contributed by atoms with Gasteiger partial charge in [0.05, 0.1) is 25.4 Å². The van der Waals surface area contributed by atoms with Crippen LogP contribution in [0.15, 0.2) is 0 Å². The van der Waals surface area contributed by atoms with Crippen LogP contribution < -0.4 is 5.32 Å². The highest BCUT2D eigenvalue weighted by Gasteiger charge is 2.19. The number of carboxylic acid groups (broad SMARTS) is 1. The summed E-state index contributed by atoms with van der Waals surface area (Å²) in [6, 6.07) is 0. The minimum atomic E-state index is -1.08. The van der Waals surface area contributed by atoms with Crippen LogP contribution in [0.5, 0.6) is 0 Å². The summed E-state index contributed by atoms with van der Waals surface area (Å²) in [5.74, 6) is 0. The Hall–Kier alpha value is -0.810. The molecule has 0 heterocycles. The number of aliphatic hydroxyl groups excluding tert-OH is 1. The quantitative estimate of drug-likeness (QED) is 0.518. The first-order chi connectivity index (χ1) is 5.48. The molecule has 0 aromatic heterocycles. The number of amides is 1. The number of rotatable bonds is 5. The average molecular weight is 177 g/mol. The highest BCUT2D eigenvalue weighted by molar-refractivity contribution is 5.65. The highest BCUT2D eigenvalue weighted by atomic mass is 16.5. The molecule has 72 valence electrons. The molecule has 0 fully saturated rings. The molecule has 12 heavy (non-hydrogen) atoms. The maximum absolute atomic E-state index is 10.2. The first-order valence-corrected chi connectivity index (χ1v) is 3.67. The Bertz CT molecular complexity index is 146. The zero-order valence-electron chi connectivity index (χ0n) is 7.33. The van der Waals surface area contributed by atoms with Gasteiger partial charge in [-0.3, -0.25) is 0 Å². The van der Waals surface area contributed by atoms with E-state index in [1.165, 1.54) is 0 Å². The smallest absolute Gasteiger partial charge is 0.405 e. The Kier molecular flexibility index (Phi) is 4.61. The first-order valence-electron chi connectivity index (χ1n) is 3.67. The van der Waals surface area contributed by atoms with Gasteiger partial charge in [-0.25, -0.2) is 4.79 Å². The van der Waals surface area contributed by atoms with E-state index >= 15 is 0 Å². The average Bonchev–Trinajstić information content (AvgIpc) is 1.84. The van der Waals surface area contributed by atoms with E-state index in [2.05, 4.69) is 5.32 Å². The molecule has 0 aromatic carbocycles. The van der Waals surface area contributed by atoms with E-state index in [0.717, 1.165) is 0 Å². The molecular weight excluding hydrogens is 162 g/mol. The summed E-state index contributed by atoms with van der Waals surface area (Å²) in [6.45, 7) is 3.84. The maximum atomic E-state index is 10.2. The van der Waals surface area contributed by atoms with Crippen LogP contribution in [0.3, 0.4) is 0 Å². The van der Waals surface area contributed by atoms with Crippen molar-refractivity contribution in [3.8, 4) is 0 Å². The van der Waals surface area contributed by atoms with Crippen molar-refractivity contribution in [1.29, 1.82) is 0 Å². The molecule has 0 atom stereocenters. The van der Waals surface area contributed by atoms with Gasteiger partial charge in [0, 0.05) is 0 Å². The molecule has 0 aliphatic rings. The van der Waals surface area contributed by atoms with Crippen molar-refractivity contribution < 1.29 is 19.7 Å². The molecule has 3 N–H and O–H groups in total. The normalized spacial score (nSPS) is 11.2. The molecule has 0 spiro atoms. The lowest BCUT2D eigenvalue weighted by Crippen LogP contribution is -2.46. The molecule has 5 nitrogen and oxygen atoms in total. The Labute approximate surface area is 71.3 Å². The van der Waals surface area contributed by atoms with Crippen LogP contribution in [0.25, 0.3) is 0 Å². The van der Waals surface area contributed by atoms with Crippen molar-refractivity contribution in [2.45, 2.75) is 19.4 Å². The van der Waals surface area contributed by atoms with Gasteiger partial charge in [-0.1, -0.05) is 0 Å². The number of aliphatic hydroxyl groups is 1. The summed E-state index contributed by atoms with van der Waals surface area (Å²) in [6.07, 6.45) is -1.08. The molecule has 0 aliphatic heterocycles. The number of nitrogens with one attached hydrogen (secondary N) is 1. The van der Waals surface area contributed by atoms with Crippen molar-refractivity contribution in [3.63, 3.8) is 0 Å². The second-order valence-corrected chi connectivity index (χ2v) is 3.09. The predicted molar refractivity (Wildman–Crippen MR) is 43.1 cm³/mol. The van der Waals surface area contributed by atoms with Gasteiger partial charge < -0.3 is 20.3 Å². The van der Waals surface area contributed by atoms with E-state index < -0.39 is 11.6 Å². The van der Waals surface area contributed by atoms with E-state index in [1.807, 2.05) is 0 Å². The van der Waals surface area contributed by atoms with Gasteiger partial charge in [0.15, 0.2) is 0 Å². The van der Waals surface area contributed by atoms with Crippen molar-refractivity contribution >= 4 is 6.09 Å². The second-order valence-electron chi connectivity index (χ2n) is 3.09. The Morgan fingerprint density at radius 3 is 2.58 bits per heavy atom. The molecule has 0 unspecified atom stereocenters. The van der Waals surface area contributed by atoms with Crippen molar-refractivity contribution in [3.05, 3.63) is 0 Å². The zero-order valence-corrected chi connectivity index (χ0v) is 7.33. The summed E-state index contributed by atoms with van der Waals surface area (Å²) in [4.78, 5) is 10.2. The van der Waals surface area contributed by atoms with Crippen LogP contribution in [-0.2, 0) is 4.74 Å². The molecule has 0 aromatic rings. The lowest BCUT2D eigenvalue weighted by Gasteiger charge is -2.23. The Balaban J connectivity index is 3.63. The Morgan fingerprint density at radius 2 is 2.17 bits per heavy atom. The van der Waals surface area contributed by atoms with Gasteiger partial charge in [0.2, 0.25) is 0 Å². The fraction of sp³-hybridized carbons (Fsp3) is 0.857. The fourth-order valence-electron chi connectivity index (χ4n) is 0.717.